The molecule has 3 aromatic rings. The third-order valence-electron chi connectivity index (χ3n) is 5.63. The van der Waals surface area contributed by atoms with Crippen molar-refractivity contribution in [2.75, 3.05) is 18.0 Å². The van der Waals surface area contributed by atoms with Crippen LogP contribution in [-0.4, -0.2) is 56.8 Å². The number of rotatable bonds is 5. The molecular weight excluding hydrogens is 396 g/mol. The van der Waals surface area contributed by atoms with Gasteiger partial charge in [-0.15, -0.1) is 0 Å². The lowest BCUT2D eigenvalue weighted by Crippen LogP contribution is -2.67. The number of aliphatic hydroxyl groups is 1. The molecule has 1 aromatic carbocycles. The number of aromatic nitrogens is 3. The standard InChI is InChI=1S/C20H23F2N5O3/c1-19(2,28)20(21,22)30-15-5-4-13(14-6-7-26(3)25-14)17-16(15)24-18(29-17)27-9-11-8-12(10-27)23-11/h4-7,11-12,23,28H,8-10H2,1-3H3. The van der Waals surface area contributed by atoms with E-state index in [0.29, 0.717) is 34.9 Å². The first kappa shape index (κ1) is 19.3. The fraction of sp³-hybridized carbons (Fsp3) is 0.500. The molecule has 8 nitrogen and oxygen atoms in total. The maximum Gasteiger partial charge on any atom is 0.426 e. The Balaban J connectivity index is 1.60. The van der Waals surface area contributed by atoms with Crippen LogP contribution < -0.4 is 15.0 Å². The molecule has 0 amide bonds. The summed E-state index contributed by atoms with van der Waals surface area (Å²) in [5.74, 6) is -0.160. The molecule has 2 N–H and O–H groups in total. The van der Waals surface area contributed by atoms with Gasteiger partial charge in [0.1, 0.15) is 0 Å². The van der Waals surface area contributed by atoms with Gasteiger partial charge in [0.15, 0.2) is 22.5 Å². The van der Waals surface area contributed by atoms with Crippen LogP contribution in [0.5, 0.6) is 5.75 Å². The van der Waals surface area contributed by atoms with Gasteiger partial charge in [0.05, 0.1) is 5.69 Å². The van der Waals surface area contributed by atoms with Crippen LogP contribution in [0.25, 0.3) is 22.4 Å². The molecule has 30 heavy (non-hydrogen) atoms. The minimum absolute atomic E-state index is 0.160. The minimum Gasteiger partial charge on any atom is -0.428 e. The highest BCUT2D eigenvalue weighted by Gasteiger charge is 2.49. The van der Waals surface area contributed by atoms with Crippen LogP contribution in [0.1, 0.15) is 20.3 Å². The number of piperazine rings is 1. The van der Waals surface area contributed by atoms with Gasteiger partial charge in [0, 0.05) is 44.0 Å². The first-order chi connectivity index (χ1) is 14.1. The topological polar surface area (TPSA) is 88.6 Å². The van der Waals surface area contributed by atoms with Crippen LogP contribution in [0.15, 0.2) is 28.8 Å². The molecule has 6 rings (SSSR count). The van der Waals surface area contributed by atoms with Gasteiger partial charge in [-0.25, -0.2) is 0 Å². The molecule has 10 heteroatoms. The summed E-state index contributed by atoms with van der Waals surface area (Å²) in [5.41, 5.74) is -0.618. The summed E-state index contributed by atoms with van der Waals surface area (Å²) in [6.45, 7) is 3.46. The van der Waals surface area contributed by atoms with Crippen molar-refractivity contribution < 1.29 is 23.0 Å². The second-order valence-corrected chi connectivity index (χ2v) is 8.54. The average molecular weight is 419 g/mol. The average Bonchev–Trinajstić information content (AvgIpc) is 3.27. The van der Waals surface area contributed by atoms with E-state index in [1.165, 1.54) is 6.07 Å². The molecule has 3 aliphatic heterocycles. The Morgan fingerprint density at radius 3 is 2.53 bits per heavy atom. The van der Waals surface area contributed by atoms with Crippen LogP contribution in [0, 0.1) is 0 Å². The number of hydrogen-bond acceptors (Lipinski definition) is 7. The van der Waals surface area contributed by atoms with Gasteiger partial charge in [0.2, 0.25) is 0 Å². The Bertz CT molecular complexity index is 1090. The summed E-state index contributed by atoms with van der Waals surface area (Å²) in [4.78, 5) is 6.52. The van der Waals surface area contributed by atoms with Crippen LogP contribution in [0.2, 0.25) is 0 Å². The molecule has 2 bridgehead atoms. The number of benzene rings is 1. The highest BCUT2D eigenvalue weighted by Crippen LogP contribution is 2.40. The van der Waals surface area contributed by atoms with E-state index in [1.54, 1.807) is 24.0 Å². The number of piperidine rings is 1. The molecule has 0 spiro atoms. The van der Waals surface area contributed by atoms with Gasteiger partial charge in [0.25, 0.3) is 6.01 Å². The number of halogens is 2. The number of fused-ring (bicyclic) bond motifs is 3. The molecular formula is C20H23F2N5O3. The molecule has 0 saturated carbocycles. The van der Waals surface area contributed by atoms with E-state index in [-0.39, 0.29) is 11.3 Å². The van der Waals surface area contributed by atoms with Crippen molar-refractivity contribution in [1.29, 1.82) is 0 Å². The maximum absolute atomic E-state index is 14.4. The molecule has 5 heterocycles. The molecule has 2 atom stereocenters. The molecule has 3 aliphatic rings. The zero-order valence-electron chi connectivity index (χ0n) is 16.9. The van der Waals surface area contributed by atoms with Crippen molar-refractivity contribution in [3.63, 3.8) is 0 Å². The third kappa shape index (κ3) is 3.10. The van der Waals surface area contributed by atoms with Crippen LogP contribution in [-0.2, 0) is 7.05 Å². The normalized spacial score (nSPS) is 21.7. The zero-order valence-corrected chi connectivity index (χ0v) is 16.9. The summed E-state index contributed by atoms with van der Waals surface area (Å²) in [5, 5.41) is 17.6. The van der Waals surface area contributed by atoms with E-state index in [4.69, 9.17) is 9.15 Å². The van der Waals surface area contributed by atoms with Gasteiger partial charge in [-0.2, -0.15) is 18.9 Å². The largest absolute Gasteiger partial charge is 0.428 e. The fourth-order valence-electron chi connectivity index (χ4n) is 3.88. The number of alkyl halides is 2. The van der Waals surface area contributed by atoms with E-state index in [9.17, 15) is 13.9 Å². The lowest BCUT2D eigenvalue weighted by atomic mass is 9.92. The van der Waals surface area contributed by atoms with E-state index in [0.717, 1.165) is 33.4 Å². The first-order valence-electron chi connectivity index (χ1n) is 9.84. The molecule has 2 unspecified atom stereocenters. The SMILES string of the molecule is Cn1ccc(-c2ccc(OC(F)(F)C(C)(C)O)c3nc(N4CC5CC(C4)N5)oc23)n1. The van der Waals surface area contributed by atoms with Crippen molar-refractivity contribution in [2.45, 2.75) is 44.1 Å². The van der Waals surface area contributed by atoms with Gasteiger partial charge < -0.3 is 24.5 Å². The molecule has 0 aliphatic carbocycles. The molecule has 2 aromatic heterocycles. The minimum atomic E-state index is -3.82. The lowest BCUT2D eigenvalue weighted by Gasteiger charge is -2.47. The van der Waals surface area contributed by atoms with Gasteiger partial charge >= 0.3 is 6.11 Å². The summed E-state index contributed by atoms with van der Waals surface area (Å²) in [6.07, 6.45) is -0.917. The second-order valence-electron chi connectivity index (χ2n) is 8.54. The number of nitrogens with zero attached hydrogens (tertiary/aromatic N) is 4. The fourth-order valence-corrected chi connectivity index (χ4v) is 3.88. The molecule has 160 valence electrons. The Labute approximate surface area is 171 Å². The predicted molar refractivity (Wildman–Crippen MR) is 106 cm³/mol. The number of hydrogen-bond donors (Lipinski definition) is 2. The summed E-state index contributed by atoms with van der Waals surface area (Å²) in [7, 11) is 1.79. The van der Waals surface area contributed by atoms with Crippen molar-refractivity contribution in [2.24, 2.45) is 7.05 Å². The highest BCUT2D eigenvalue weighted by atomic mass is 19.3. The smallest absolute Gasteiger partial charge is 0.426 e. The quantitative estimate of drug-likeness (QED) is 0.657. The first-order valence-corrected chi connectivity index (χ1v) is 9.84. The maximum atomic E-state index is 14.4. The number of ether oxygens (including phenoxy) is 1. The van der Waals surface area contributed by atoms with E-state index in [2.05, 4.69) is 15.4 Å². The van der Waals surface area contributed by atoms with Crippen LogP contribution in [0.4, 0.5) is 14.8 Å². The Hall–Kier alpha value is -2.72. The summed E-state index contributed by atoms with van der Waals surface area (Å²) in [6, 6.07) is 5.95. The lowest BCUT2D eigenvalue weighted by molar-refractivity contribution is -0.275. The number of nitrogens with one attached hydrogen (secondary N) is 1. The van der Waals surface area contributed by atoms with E-state index >= 15 is 0 Å². The summed E-state index contributed by atoms with van der Waals surface area (Å²) < 4.78 is 41.5. The summed E-state index contributed by atoms with van der Waals surface area (Å²) >= 11 is 0. The highest BCUT2D eigenvalue weighted by molar-refractivity contribution is 5.94. The monoisotopic (exact) mass is 419 g/mol. The van der Waals surface area contributed by atoms with Crippen molar-refractivity contribution in [1.82, 2.24) is 20.1 Å². The van der Waals surface area contributed by atoms with E-state index in [1.807, 2.05) is 11.0 Å². The van der Waals surface area contributed by atoms with Crippen LogP contribution in [0.3, 0.4) is 0 Å². The van der Waals surface area contributed by atoms with E-state index < -0.39 is 11.7 Å². The second kappa shape index (κ2) is 6.39. The predicted octanol–water partition coefficient (Wildman–Crippen LogP) is 2.52. The van der Waals surface area contributed by atoms with Gasteiger partial charge in [-0.3, -0.25) is 4.68 Å². The zero-order chi connectivity index (χ0) is 21.3. The van der Waals surface area contributed by atoms with Gasteiger partial charge in [-0.1, -0.05) is 0 Å². The third-order valence-corrected chi connectivity index (χ3v) is 5.63. The van der Waals surface area contributed by atoms with Gasteiger partial charge in [-0.05, 0) is 38.5 Å². The number of aryl methyl sites for hydroxylation is 1. The number of anilines is 1. The van der Waals surface area contributed by atoms with Crippen LogP contribution >= 0.6 is 0 Å². The van der Waals surface area contributed by atoms with Crippen molar-refractivity contribution in [3.05, 3.63) is 24.4 Å². The number of oxazole rings is 1. The Morgan fingerprint density at radius 1 is 1.23 bits per heavy atom. The molecule has 0 radical (unpaired) electrons. The Kier molecular flexibility index (Phi) is 4.10. The van der Waals surface area contributed by atoms with Crippen molar-refractivity contribution >= 4 is 17.1 Å². The molecule has 3 fully saturated rings. The van der Waals surface area contributed by atoms with Crippen molar-refractivity contribution in [3.8, 4) is 17.0 Å². The molecule has 3 saturated heterocycles. The Morgan fingerprint density at radius 2 is 1.93 bits per heavy atom.